The molecule has 1 heterocycles. The summed E-state index contributed by atoms with van der Waals surface area (Å²) in [4.78, 5) is 26.2. The lowest BCUT2D eigenvalue weighted by Gasteiger charge is -2.37. The number of nitro benzene ring substituents is 1. The second kappa shape index (κ2) is 9.47. The molecule has 0 aliphatic carbocycles. The van der Waals surface area contributed by atoms with E-state index >= 15 is 0 Å². The van der Waals surface area contributed by atoms with Gasteiger partial charge in [-0.05, 0) is 42.5 Å². The highest BCUT2D eigenvalue weighted by molar-refractivity contribution is 7.80. The molecule has 2 aromatic carbocycles. The van der Waals surface area contributed by atoms with E-state index in [1.807, 2.05) is 0 Å². The molecule has 1 amide bonds. The van der Waals surface area contributed by atoms with Gasteiger partial charge in [-0.15, -0.1) is 0 Å². The molecule has 0 spiro atoms. The SMILES string of the molecule is O=C(NC(=S)N1CCN(c2ccc(C(F)(F)F)cc2[N+](=O)[O-])CC1)c1cc(Cl)ccc1Cl. The maximum atomic E-state index is 12.9. The van der Waals surface area contributed by atoms with Crippen LogP contribution in [0.1, 0.15) is 15.9 Å². The molecule has 1 aliphatic heterocycles. The second-order valence-corrected chi connectivity index (χ2v) is 8.05. The number of halogens is 5. The molecule has 3 rings (SSSR count). The van der Waals surface area contributed by atoms with Gasteiger partial charge in [0.15, 0.2) is 5.11 Å². The van der Waals surface area contributed by atoms with Crippen LogP contribution < -0.4 is 10.2 Å². The number of nitro groups is 1. The van der Waals surface area contributed by atoms with Crippen LogP contribution in [0.2, 0.25) is 10.0 Å². The molecule has 2 aromatic rings. The van der Waals surface area contributed by atoms with E-state index in [-0.39, 0.29) is 34.5 Å². The maximum absolute atomic E-state index is 12.9. The number of carbonyl (C=O) groups excluding carboxylic acids is 1. The smallest absolute Gasteiger partial charge is 0.362 e. The molecular weight excluding hydrogens is 492 g/mol. The zero-order valence-electron chi connectivity index (χ0n) is 16.2. The van der Waals surface area contributed by atoms with Crippen molar-refractivity contribution in [2.45, 2.75) is 6.18 Å². The van der Waals surface area contributed by atoms with E-state index in [1.165, 1.54) is 12.1 Å². The van der Waals surface area contributed by atoms with Crippen molar-refractivity contribution in [3.05, 3.63) is 67.7 Å². The number of thiocarbonyl (C=S) groups is 1. The zero-order chi connectivity index (χ0) is 23.6. The normalized spacial score (nSPS) is 14.3. The van der Waals surface area contributed by atoms with E-state index in [2.05, 4.69) is 5.32 Å². The number of piperazine rings is 1. The fourth-order valence-electron chi connectivity index (χ4n) is 3.18. The largest absolute Gasteiger partial charge is 0.416 e. The number of nitrogens with zero attached hydrogens (tertiary/aromatic N) is 3. The van der Waals surface area contributed by atoms with Crippen molar-refractivity contribution < 1.29 is 22.9 Å². The van der Waals surface area contributed by atoms with E-state index in [9.17, 15) is 28.1 Å². The molecule has 0 unspecified atom stereocenters. The van der Waals surface area contributed by atoms with Gasteiger partial charge in [-0.1, -0.05) is 23.2 Å². The Labute approximate surface area is 195 Å². The van der Waals surface area contributed by atoms with E-state index in [4.69, 9.17) is 35.4 Å². The molecule has 0 saturated carbocycles. The van der Waals surface area contributed by atoms with Gasteiger partial charge < -0.3 is 9.80 Å². The van der Waals surface area contributed by atoms with Gasteiger partial charge in [0.1, 0.15) is 5.69 Å². The third-order valence-electron chi connectivity index (χ3n) is 4.80. The minimum atomic E-state index is -4.68. The number of benzene rings is 2. The predicted molar refractivity (Wildman–Crippen MR) is 118 cm³/mol. The van der Waals surface area contributed by atoms with Crippen molar-refractivity contribution >= 4 is 57.8 Å². The molecule has 32 heavy (non-hydrogen) atoms. The molecule has 13 heteroatoms. The van der Waals surface area contributed by atoms with Gasteiger partial charge in [0.05, 0.1) is 21.1 Å². The molecule has 0 radical (unpaired) electrons. The van der Waals surface area contributed by atoms with Gasteiger partial charge in [-0.2, -0.15) is 13.2 Å². The molecule has 1 aliphatic rings. The van der Waals surface area contributed by atoms with Crippen LogP contribution >= 0.6 is 35.4 Å². The summed E-state index contributed by atoms with van der Waals surface area (Å²) in [5.41, 5.74) is -1.47. The topological polar surface area (TPSA) is 78.7 Å². The number of alkyl halides is 3. The minimum absolute atomic E-state index is 0.0864. The standard InChI is InChI=1S/C19H15Cl2F3N4O3S/c20-12-2-3-14(21)13(10-12)17(29)25-18(32)27-7-5-26(6-8-27)15-4-1-11(19(22,23)24)9-16(15)28(30)31/h1-4,9-10H,5-8H2,(H,25,29,32). The van der Waals surface area contributed by atoms with Crippen LogP contribution in [0.4, 0.5) is 24.5 Å². The van der Waals surface area contributed by atoms with Gasteiger partial charge in [-0.25, -0.2) is 0 Å². The number of hydrogen-bond acceptors (Lipinski definition) is 5. The van der Waals surface area contributed by atoms with Crippen molar-refractivity contribution in [2.75, 3.05) is 31.1 Å². The Morgan fingerprint density at radius 2 is 1.75 bits per heavy atom. The molecule has 1 saturated heterocycles. The van der Waals surface area contributed by atoms with E-state index in [0.717, 1.165) is 12.1 Å². The molecule has 0 atom stereocenters. The number of hydrogen-bond donors (Lipinski definition) is 1. The zero-order valence-corrected chi connectivity index (χ0v) is 18.5. The highest BCUT2D eigenvalue weighted by atomic mass is 35.5. The lowest BCUT2D eigenvalue weighted by molar-refractivity contribution is -0.384. The van der Waals surface area contributed by atoms with E-state index in [0.29, 0.717) is 24.2 Å². The summed E-state index contributed by atoms with van der Waals surface area (Å²) in [6.07, 6.45) is -4.68. The molecule has 1 fully saturated rings. The first-order chi connectivity index (χ1) is 15.0. The van der Waals surface area contributed by atoms with Gasteiger partial charge >= 0.3 is 6.18 Å². The second-order valence-electron chi connectivity index (χ2n) is 6.82. The highest BCUT2D eigenvalue weighted by Crippen LogP contribution is 2.36. The Morgan fingerprint density at radius 3 is 2.34 bits per heavy atom. The van der Waals surface area contributed by atoms with Crippen LogP contribution in [0.25, 0.3) is 0 Å². The quantitative estimate of drug-likeness (QED) is 0.367. The van der Waals surface area contributed by atoms with Crippen molar-refractivity contribution in [3.63, 3.8) is 0 Å². The number of carbonyl (C=O) groups is 1. The Hall–Kier alpha value is -2.63. The van der Waals surface area contributed by atoms with Crippen molar-refractivity contribution in [1.29, 1.82) is 0 Å². The van der Waals surface area contributed by atoms with Gasteiger partial charge in [-0.3, -0.25) is 20.2 Å². The van der Waals surface area contributed by atoms with Crippen LogP contribution in [0.5, 0.6) is 0 Å². The summed E-state index contributed by atoms with van der Waals surface area (Å²) in [6.45, 7) is 1.08. The Morgan fingerprint density at radius 1 is 1.09 bits per heavy atom. The summed E-state index contributed by atoms with van der Waals surface area (Å²) in [6, 6.07) is 6.87. The van der Waals surface area contributed by atoms with Gasteiger partial charge in [0.25, 0.3) is 11.6 Å². The maximum Gasteiger partial charge on any atom is 0.416 e. The summed E-state index contributed by atoms with van der Waals surface area (Å²) in [5.74, 6) is -0.539. The molecule has 170 valence electrons. The lowest BCUT2D eigenvalue weighted by Crippen LogP contribution is -2.52. The Kier molecular flexibility index (Phi) is 7.11. The Bertz CT molecular complexity index is 1080. The summed E-state index contributed by atoms with van der Waals surface area (Å²) < 4.78 is 38.7. The van der Waals surface area contributed by atoms with Crippen LogP contribution in [0.3, 0.4) is 0 Å². The summed E-state index contributed by atoms with van der Waals surface area (Å²) in [5, 5.41) is 14.6. The monoisotopic (exact) mass is 506 g/mol. The molecular formula is C19H15Cl2F3N4O3S. The average molecular weight is 507 g/mol. The summed E-state index contributed by atoms with van der Waals surface area (Å²) >= 11 is 17.2. The molecule has 1 N–H and O–H groups in total. The number of rotatable bonds is 3. The fourth-order valence-corrected chi connectivity index (χ4v) is 3.83. The van der Waals surface area contributed by atoms with Gasteiger partial charge in [0.2, 0.25) is 0 Å². The van der Waals surface area contributed by atoms with Crippen molar-refractivity contribution in [1.82, 2.24) is 10.2 Å². The first kappa shape index (κ1) is 24.0. The molecule has 0 aromatic heterocycles. The van der Waals surface area contributed by atoms with Gasteiger partial charge in [0, 0.05) is 37.3 Å². The van der Waals surface area contributed by atoms with E-state index < -0.39 is 28.3 Å². The Balaban J connectivity index is 1.67. The highest BCUT2D eigenvalue weighted by Gasteiger charge is 2.34. The minimum Gasteiger partial charge on any atom is -0.362 e. The summed E-state index contributed by atoms with van der Waals surface area (Å²) in [7, 11) is 0. The van der Waals surface area contributed by atoms with Crippen LogP contribution in [0, 0.1) is 10.1 Å². The predicted octanol–water partition coefficient (Wildman–Crippen LogP) is 4.76. The number of amides is 1. The molecule has 0 bridgehead atoms. The third-order valence-corrected chi connectivity index (χ3v) is 5.73. The fraction of sp³-hybridized carbons (Fsp3) is 0.263. The van der Waals surface area contributed by atoms with Crippen molar-refractivity contribution in [3.8, 4) is 0 Å². The van der Waals surface area contributed by atoms with E-state index in [1.54, 1.807) is 15.9 Å². The van der Waals surface area contributed by atoms with Crippen LogP contribution in [-0.2, 0) is 6.18 Å². The average Bonchev–Trinajstić information content (AvgIpc) is 2.74. The number of anilines is 1. The van der Waals surface area contributed by atoms with Crippen LogP contribution in [-0.4, -0.2) is 47.0 Å². The molecule has 7 nitrogen and oxygen atoms in total. The van der Waals surface area contributed by atoms with Crippen LogP contribution in [0.15, 0.2) is 36.4 Å². The van der Waals surface area contributed by atoms with Crippen molar-refractivity contribution in [2.24, 2.45) is 0 Å². The first-order valence-electron chi connectivity index (χ1n) is 9.13. The first-order valence-corrected chi connectivity index (χ1v) is 10.3. The number of nitrogens with one attached hydrogen (secondary N) is 1. The third kappa shape index (κ3) is 5.40. The lowest BCUT2D eigenvalue weighted by atomic mass is 10.1.